The van der Waals surface area contributed by atoms with Crippen molar-refractivity contribution in [2.45, 2.75) is 26.4 Å². The van der Waals surface area contributed by atoms with E-state index in [0.717, 1.165) is 39.3 Å². The van der Waals surface area contributed by atoms with Gasteiger partial charge in [0, 0.05) is 45.8 Å². The lowest BCUT2D eigenvalue weighted by molar-refractivity contribution is -0.124. The smallest absolute Gasteiger partial charge is 0.254 e. The summed E-state index contributed by atoms with van der Waals surface area (Å²) in [7, 11) is 0. The molecule has 1 unspecified atom stereocenters. The van der Waals surface area contributed by atoms with Crippen LogP contribution in [0.5, 0.6) is 0 Å². The summed E-state index contributed by atoms with van der Waals surface area (Å²) >= 11 is 0. The molecule has 0 saturated carbocycles. The zero-order valence-corrected chi connectivity index (χ0v) is 18.9. The summed E-state index contributed by atoms with van der Waals surface area (Å²) in [5, 5.41) is 5.61. The highest BCUT2D eigenvalue weighted by molar-refractivity contribution is 5.97. The van der Waals surface area contributed by atoms with Gasteiger partial charge in [0.2, 0.25) is 5.91 Å². The average Bonchev–Trinajstić information content (AvgIpc) is 2.79. The minimum atomic E-state index is -0.718. The molecule has 0 aliphatic carbocycles. The predicted molar refractivity (Wildman–Crippen MR) is 124 cm³/mol. The number of halogens is 1. The van der Waals surface area contributed by atoms with E-state index in [0.29, 0.717) is 6.54 Å². The van der Waals surface area contributed by atoms with Crippen molar-refractivity contribution in [3.8, 4) is 0 Å². The number of rotatable bonds is 9. The molecule has 2 aromatic carbocycles. The van der Waals surface area contributed by atoms with Crippen LogP contribution >= 0.6 is 0 Å². The van der Waals surface area contributed by atoms with Gasteiger partial charge in [-0.15, -0.1) is 0 Å². The van der Waals surface area contributed by atoms with E-state index in [2.05, 4.69) is 44.7 Å². The Hall–Kier alpha value is -2.77. The standard InChI is InChI=1S/C25H33FN4O2/c1-19(2)23(28-24(31)21-10-6-7-11-22(21)26)25(32)27-12-13-29-14-16-30(17-15-29)18-20-8-4-3-5-9-20/h3-11,19,23H,12-18H2,1-2H3,(H,27,32)(H,28,31). The highest BCUT2D eigenvalue weighted by Gasteiger charge is 2.25. The Kier molecular flexibility index (Phi) is 8.76. The summed E-state index contributed by atoms with van der Waals surface area (Å²) in [6.07, 6.45) is 0. The first kappa shape index (κ1) is 23.9. The summed E-state index contributed by atoms with van der Waals surface area (Å²) in [6.45, 7) is 9.86. The van der Waals surface area contributed by atoms with E-state index in [4.69, 9.17) is 0 Å². The van der Waals surface area contributed by atoms with Crippen LogP contribution < -0.4 is 10.6 Å². The first-order chi connectivity index (χ1) is 15.4. The minimum Gasteiger partial charge on any atom is -0.353 e. The quantitative estimate of drug-likeness (QED) is 0.629. The molecule has 0 radical (unpaired) electrons. The summed E-state index contributed by atoms with van der Waals surface area (Å²) in [6, 6.07) is 15.5. The number of piperazine rings is 1. The van der Waals surface area contributed by atoms with E-state index >= 15 is 0 Å². The van der Waals surface area contributed by atoms with Gasteiger partial charge in [0.25, 0.3) is 5.91 Å². The largest absolute Gasteiger partial charge is 0.353 e. The molecule has 172 valence electrons. The van der Waals surface area contributed by atoms with Crippen molar-refractivity contribution in [1.29, 1.82) is 0 Å². The van der Waals surface area contributed by atoms with Crippen molar-refractivity contribution < 1.29 is 14.0 Å². The van der Waals surface area contributed by atoms with Gasteiger partial charge in [0.1, 0.15) is 11.9 Å². The van der Waals surface area contributed by atoms with E-state index in [1.807, 2.05) is 19.9 Å². The van der Waals surface area contributed by atoms with Gasteiger partial charge in [-0.1, -0.05) is 56.3 Å². The van der Waals surface area contributed by atoms with Gasteiger partial charge in [0.05, 0.1) is 5.56 Å². The van der Waals surface area contributed by atoms with Crippen molar-refractivity contribution in [3.63, 3.8) is 0 Å². The van der Waals surface area contributed by atoms with E-state index < -0.39 is 17.8 Å². The lowest BCUT2D eigenvalue weighted by Gasteiger charge is -2.34. The zero-order valence-electron chi connectivity index (χ0n) is 18.9. The molecule has 6 nitrogen and oxygen atoms in total. The third-order valence-corrected chi connectivity index (χ3v) is 5.80. The number of carbonyl (C=O) groups excluding carboxylic acids is 2. The highest BCUT2D eigenvalue weighted by Crippen LogP contribution is 2.10. The van der Waals surface area contributed by atoms with Gasteiger partial charge in [-0.3, -0.25) is 19.4 Å². The van der Waals surface area contributed by atoms with Crippen molar-refractivity contribution >= 4 is 11.8 Å². The Morgan fingerprint density at radius 1 is 0.938 bits per heavy atom. The average molecular weight is 441 g/mol. The molecule has 1 aliphatic heterocycles. The Labute approximate surface area is 189 Å². The molecule has 2 amide bonds. The Morgan fingerprint density at radius 3 is 2.22 bits per heavy atom. The number of nitrogens with zero attached hydrogens (tertiary/aromatic N) is 2. The van der Waals surface area contributed by atoms with Crippen LogP contribution in [0.25, 0.3) is 0 Å². The van der Waals surface area contributed by atoms with Gasteiger partial charge >= 0.3 is 0 Å². The Balaban J connectivity index is 1.41. The van der Waals surface area contributed by atoms with Crippen molar-refractivity contribution in [1.82, 2.24) is 20.4 Å². The molecule has 1 saturated heterocycles. The molecule has 0 aromatic heterocycles. The number of carbonyl (C=O) groups is 2. The van der Waals surface area contributed by atoms with Crippen LogP contribution in [0.2, 0.25) is 0 Å². The van der Waals surface area contributed by atoms with Crippen molar-refractivity contribution in [3.05, 3.63) is 71.5 Å². The van der Waals surface area contributed by atoms with Gasteiger partial charge in [-0.05, 0) is 23.6 Å². The molecule has 1 heterocycles. The summed E-state index contributed by atoms with van der Waals surface area (Å²) in [4.78, 5) is 29.9. The van der Waals surface area contributed by atoms with Gasteiger partial charge in [-0.25, -0.2) is 4.39 Å². The van der Waals surface area contributed by atoms with Crippen LogP contribution in [0.3, 0.4) is 0 Å². The first-order valence-electron chi connectivity index (χ1n) is 11.3. The lowest BCUT2D eigenvalue weighted by atomic mass is 10.0. The normalized spacial score (nSPS) is 16.0. The molecule has 2 aromatic rings. The first-order valence-corrected chi connectivity index (χ1v) is 11.3. The summed E-state index contributed by atoms with van der Waals surface area (Å²) in [5.74, 6) is -1.54. The fraction of sp³-hybridized carbons (Fsp3) is 0.440. The minimum absolute atomic E-state index is 0.0562. The fourth-order valence-electron chi connectivity index (χ4n) is 3.86. The third kappa shape index (κ3) is 6.87. The Bertz CT molecular complexity index is 883. The molecular weight excluding hydrogens is 407 g/mol. The third-order valence-electron chi connectivity index (χ3n) is 5.80. The van der Waals surface area contributed by atoms with Crippen LogP contribution in [-0.4, -0.2) is 66.9 Å². The van der Waals surface area contributed by atoms with Crippen molar-refractivity contribution in [2.24, 2.45) is 5.92 Å². The number of hydrogen-bond acceptors (Lipinski definition) is 4. The monoisotopic (exact) mass is 440 g/mol. The van der Waals surface area contributed by atoms with E-state index in [1.165, 1.54) is 23.8 Å². The molecule has 1 fully saturated rings. The molecule has 0 bridgehead atoms. The van der Waals surface area contributed by atoms with Crippen LogP contribution in [0, 0.1) is 11.7 Å². The van der Waals surface area contributed by atoms with E-state index in [9.17, 15) is 14.0 Å². The van der Waals surface area contributed by atoms with Gasteiger partial charge < -0.3 is 10.6 Å². The number of benzene rings is 2. The molecular formula is C25H33FN4O2. The van der Waals surface area contributed by atoms with Gasteiger partial charge in [-0.2, -0.15) is 0 Å². The highest BCUT2D eigenvalue weighted by atomic mass is 19.1. The second-order valence-electron chi connectivity index (χ2n) is 8.57. The van der Waals surface area contributed by atoms with Crippen LogP contribution in [0.4, 0.5) is 4.39 Å². The number of amides is 2. The summed E-state index contributed by atoms with van der Waals surface area (Å²) < 4.78 is 13.9. The molecule has 1 atom stereocenters. The number of nitrogens with one attached hydrogen (secondary N) is 2. The maximum absolute atomic E-state index is 13.9. The fourth-order valence-corrected chi connectivity index (χ4v) is 3.86. The molecule has 0 spiro atoms. The second kappa shape index (κ2) is 11.7. The number of hydrogen-bond donors (Lipinski definition) is 2. The zero-order chi connectivity index (χ0) is 22.9. The lowest BCUT2D eigenvalue weighted by Crippen LogP contribution is -2.52. The van der Waals surface area contributed by atoms with Crippen molar-refractivity contribution in [2.75, 3.05) is 39.3 Å². The predicted octanol–water partition coefficient (Wildman–Crippen LogP) is 2.51. The van der Waals surface area contributed by atoms with Crippen LogP contribution in [0.15, 0.2) is 54.6 Å². The maximum atomic E-state index is 13.9. The van der Waals surface area contributed by atoms with Crippen LogP contribution in [-0.2, 0) is 11.3 Å². The maximum Gasteiger partial charge on any atom is 0.254 e. The molecule has 2 N–H and O–H groups in total. The topological polar surface area (TPSA) is 64.7 Å². The summed E-state index contributed by atoms with van der Waals surface area (Å²) in [5.41, 5.74) is 1.27. The second-order valence-corrected chi connectivity index (χ2v) is 8.57. The van der Waals surface area contributed by atoms with Gasteiger partial charge in [0.15, 0.2) is 0 Å². The van der Waals surface area contributed by atoms with Crippen LogP contribution in [0.1, 0.15) is 29.8 Å². The van der Waals surface area contributed by atoms with E-state index in [1.54, 1.807) is 6.07 Å². The molecule has 3 rings (SSSR count). The Morgan fingerprint density at radius 2 is 1.56 bits per heavy atom. The molecule has 7 heteroatoms. The SMILES string of the molecule is CC(C)C(NC(=O)c1ccccc1F)C(=O)NCCN1CCN(Cc2ccccc2)CC1. The van der Waals surface area contributed by atoms with E-state index in [-0.39, 0.29) is 17.4 Å². The molecule has 32 heavy (non-hydrogen) atoms. The molecule has 1 aliphatic rings.